The maximum Gasteiger partial charge on any atom is 0.277 e. The van der Waals surface area contributed by atoms with Gasteiger partial charge in [0.05, 0.1) is 5.69 Å². The standard InChI is InChI=1S/C27H21N3O/c1-29(24-18-10-11-19-28-24)30-26(21-14-6-3-7-15-21)25(20-12-4-2-5-13-20)22-16-8-9-17-23(22)27(30)31/h2-19H,1H3. The first kappa shape index (κ1) is 18.8. The fourth-order valence-corrected chi connectivity index (χ4v) is 4.03. The van der Waals surface area contributed by atoms with Crippen LogP contribution in [0, 0.1) is 0 Å². The number of hydrogen-bond acceptors (Lipinski definition) is 3. The van der Waals surface area contributed by atoms with E-state index in [-0.39, 0.29) is 5.56 Å². The lowest BCUT2D eigenvalue weighted by atomic mass is 9.94. The van der Waals surface area contributed by atoms with E-state index in [1.165, 1.54) is 0 Å². The van der Waals surface area contributed by atoms with Crippen molar-refractivity contribution in [3.8, 4) is 22.4 Å². The molecule has 3 aromatic carbocycles. The topological polar surface area (TPSA) is 38.1 Å². The molecule has 5 rings (SSSR count). The van der Waals surface area contributed by atoms with Gasteiger partial charge in [-0.3, -0.25) is 9.80 Å². The molecule has 0 bridgehead atoms. The minimum absolute atomic E-state index is 0.0812. The van der Waals surface area contributed by atoms with Crippen molar-refractivity contribution < 1.29 is 0 Å². The van der Waals surface area contributed by atoms with E-state index < -0.39 is 0 Å². The van der Waals surface area contributed by atoms with E-state index in [4.69, 9.17) is 0 Å². The normalized spacial score (nSPS) is 10.9. The SMILES string of the molecule is CN(c1ccccn1)n1c(-c2ccccc2)c(-c2ccccc2)c2ccccc2c1=O. The largest absolute Gasteiger partial charge is 0.277 e. The van der Waals surface area contributed by atoms with Crippen molar-refractivity contribution in [1.82, 2.24) is 9.66 Å². The van der Waals surface area contributed by atoms with Crippen molar-refractivity contribution in [2.24, 2.45) is 0 Å². The van der Waals surface area contributed by atoms with Crippen LogP contribution in [0.4, 0.5) is 5.82 Å². The zero-order valence-electron chi connectivity index (χ0n) is 17.1. The number of aromatic nitrogens is 2. The summed E-state index contributed by atoms with van der Waals surface area (Å²) in [6.07, 6.45) is 1.73. The molecule has 5 aromatic rings. The summed E-state index contributed by atoms with van der Waals surface area (Å²) in [6.45, 7) is 0. The first-order valence-electron chi connectivity index (χ1n) is 10.2. The molecule has 0 aliphatic rings. The summed E-state index contributed by atoms with van der Waals surface area (Å²) in [4.78, 5) is 18.3. The fraction of sp³-hybridized carbons (Fsp3) is 0.0370. The van der Waals surface area contributed by atoms with Crippen LogP contribution in [-0.2, 0) is 0 Å². The Bertz CT molecular complexity index is 1400. The Hall–Kier alpha value is -4.18. The molecule has 0 saturated heterocycles. The first-order chi connectivity index (χ1) is 15.3. The van der Waals surface area contributed by atoms with Crippen LogP contribution in [-0.4, -0.2) is 16.7 Å². The molecule has 4 nitrogen and oxygen atoms in total. The van der Waals surface area contributed by atoms with Crippen molar-refractivity contribution >= 4 is 16.6 Å². The van der Waals surface area contributed by atoms with Gasteiger partial charge in [0, 0.05) is 29.8 Å². The summed E-state index contributed by atoms with van der Waals surface area (Å²) < 4.78 is 1.74. The molecule has 0 N–H and O–H groups in total. The van der Waals surface area contributed by atoms with Gasteiger partial charge in [-0.15, -0.1) is 0 Å². The summed E-state index contributed by atoms with van der Waals surface area (Å²) >= 11 is 0. The second kappa shape index (κ2) is 7.92. The van der Waals surface area contributed by atoms with E-state index in [1.54, 1.807) is 10.9 Å². The van der Waals surface area contributed by atoms with Gasteiger partial charge in [0.2, 0.25) is 0 Å². The fourth-order valence-electron chi connectivity index (χ4n) is 4.03. The summed E-state index contributed by atoms with van der Waals surface area (Å²) in [5.74, 6) is 0.691. The van der Waals surface area contributed by atoms with Crippen LogP contribution < -0.4 is 10.6 Å². The van der Waals surface area contributed by atoms with Gasteiger partial charge in [-0.2, -0.15) is 0 Å². The van der Waals surface area contributed by atoms with E-state index >= 15 is 0 Å². The molecule has 0 radical (unpaired) electrons. The molecule has 2 aromatic heterocycles. The van der Waals surface area contributed by atoms with Gasteiger partial charge in [-0.05, 0) is 29.1 Å². The van der Waals surface area contributed by atoms with Gasteiger partial charge in [0.15, 0.2) is 0 Å². The van der Waals surface area contributed by atoms with Crippen molar-refractivity contribution in [3.05, 3.63) is 120 Å². The number of hydrogen-bond donors (Lipinski definition) is 0. The summed E-state index contributed by atoms with van der Waals surface area (Å²) in [5.41, 5.74) is 3.79. The Morgan fingerprint density at radius 3 is 1.90 bits per heavy atom. The second-order valence-corrected chi connectivity index (χ2v) is 7.33. The number of benzene rings is 3. The molecular formula is C27H21N3O. The van der Waals surface area contributed by atoms with Crippen LogP contribution in [0.25, 0.3) is 33.2 Å². The predicted molar refractivity (Wildman–Crippen MR) is 127 cm³/mol. The van der Waals surface area contributed by atoms with E-state index in [0.29, 0.717) is 11.2 Å². The van der Waals surface area contributed by atoms with E-state index in [2.05, 4.69) is 17.1 Å². The Kier molecular flexibility index (Phi) is 4.81. The van der Waals surface area contributed by atoms with Crippen molar-refractivity contribution in [3.63, 3.8) is 0 Å². The molecule has 0 spiro atoms. The quantitative estimate of drug-likeness (QED) is 0.390. The third-order valence-electron chi connectivity index (χ3n) is 5.46. The summed E-state index contributed by atoms with van der Waals surface area (Å²) in [5, 5.41) is 3.43. The maximum absolute atomic E-state index is 13.8. The van der Waals surface area contributed by atoms with Crippen LogP contribution >= 0.6 is 0 Å². The highest BCUT2D eigenvalue weighted by atomic mass is 16.1. The zero-order chi connectivity index (χ0) is 21.2. The van der Waals surface area contributed by atoms with Gasteiger partial charge in [0.25, 0.3) is 5.56 Å². The summed E-state index contributed by atoms with van der Waals surface area (Å²) in [6, 6.07) is 33.8. The number of rotatable bonds is 4. The van der Waals surface area contributed by atoms with E-state index in [0.717, 1.165) is 27.8 Å². The lowest BCUT2D eigenvalue weighted by molar-refractivity contribution is 0.743. The minimum atomic E-state index is -0.0812. The summed E-state index contributed by atoms with van der Waals surface area (Å²) in [7, 11) is 1.87. The molecule has 0 fully saturated rings. The Labute approximate surface area is 180 Å². The highest BCUT2D eigenvalue weighted by Gasteiger charge is 2.22. The van der Waals surface area contributed by atoms with Crippen LogP contribution in [0.15, 0.2) is 114 Å². The lowest BCUT2D eigenvalue weighted by Gasteiger charge is -2.27. The molecule has 31 heavy (non-hydrogen) atoms. The third-order valence-corrected chi connectivity index (χ3v) is 5.46. The Balaban J connectivity index is 1.97. The van der Waals surface area contributed by atoms with Crippen molar-refractivity contribution in [2.75, 3.05) is 12.1 Å². The molecule has 0 saturated carbocycles. The Morgan fingerprint density at radius 2 is 1.26 bits per heavy atom. The molecule has 0 amide bonds. The highest BCUT2D eigenvalue weighted by Crippen LogP contribution is 2.37. The third kappa shape index (κ3) is 3.28. The van der Waals surface area contributed by atoms with Gasteiger partial charge in [-0.1, -0.05) is 84.9 Å². The highest BCUT2D eigenvalue weighted by molar-refractivity contribution is 6.02. The average Bonchev–Trinajstić information content (AvgIpc) is 2.85. The van der Waals surface area contributed by atoms with Crippen molar-refractivity contribution in [1.29, 1.82) is 0 Å². The van der Waals surface area contributed by atoms with Gasteiger partial charge in [0.1, 0.15) is 5.82 Å². The monoisotopic (exact) mass is 403 g/mol. The first-order valence-corrected chi connectivity index (χ1v) is 10.2. The van der Waals surface area contributed by atoms with Gasteiger partial charge < -0.3 is 0 Å². The smallest absolute Gasteiger partial charge is 0.267 e. The lowest BCUT2D eigenvalue weighted by Crippen LogP contribution is -2.37. The number of fused-ring (bicyclic) bond motifs is 1. The number of nitrogens with zero attached hydrogens (tertiary/aromatic N) is 3. The van der Waals surface area contributed by atoms with Crippen LogP contribution in [0.5, 0.6) is 0 Å². The molecule has 4 heteroatoms. The second-order valence-electron chi connectivity index (χ2n) is 7.33. The van der Waals surface area contributed by atoms with Crippen LogP contribution in [0.1, 0.15) is 0 Å². The van der Waals surface area contributed by atoms with E-state index in [9.17, 15) is 4.79 Å². The molecular weight excluding hydrogens is 382 g/mol. The van der Waals surface area contributed by atoms with E-state index in [1.807, 2.05) is 103 Å². The molecule has 0 unspecified atom stereocenters. The molecule has 0 aliphatic carbocycles. The molecule has 2 heterocycles. The van der Waals surface area contributed by atoms with Crippen LogP contribution in [0.2, 0.25) is 0 Å². The molecule has 0 atom stereocenters. The van der Waals surface area contributed by atoms with Gasteiger partial charge >= 0.3 is 0 Å². The molecule has 150 valence electrons. The number of pyridine rings is 2. The van der Waals surface area contributed by atoms with Crippen molar-refractivity contribution in [2.45, 2.75) is 0 Å². The zero-order valence-corrected chi connectivity index (χ0v) is 17.1. The molecule has 0 aliphatic heterocycles. The van der Waals surface area contributed by atoms with Gasteiger partial charge in [-0.25, -0.2) is 9.66 Å². The average molecular weight is 403 g/mol. The maximum atomic E-state index is 13.8. The minimum Gasteiger partial charge on any atom is -0.267 e. The Morgan fingerprint density at radius 1 is 0.677 bits per heavy atom. The number of anilines is 1. The predicted octanol–water partition coefficient (Wildman–Crippen LogP) is 5.63. The van der Waals surface area contributed by atoms with Crippen LogP contribution in [0.3, 0.4) is 0 Å².